The lowest BCUT2D eigenvalue weighted by atomic mass is 9.77. The minimum atomic E-state index is -0.0568. The van der Waals surface area contributed by atoms with E-state index in [4.69, 9.17) is 5.84 Å². The molecular formula is C13H25N3O. The number of nitrogens with two attached hydrogens (primary N) is 1. The Hall–Kier alpha value is -0.610. The normalized spacial score (nSPS) is 26.0. The van der Waals surface area contributed by atoms with Crippen molar-refractivity contribution in [3.05, 3.63) is 0 Å². The van der Waals surface area contributed by atoms with Gasteiger partial charge in [0.1, 0.15) is 0 Å². The van der Waals surface area contributed by atoms with Crippen molar-refractivity contribution in [3.8, 4) is 0 Å². The SMILES string of the molecule is CC(CC(=O)NN)N1CCC2(CCCC2)CC1. The fraction of sp³-hybridized carbons (Fsp3) is 0.923. The van der Waals surface area contributed by atoms with Gasteiger partial charge in [0.25, 0.3) is 0 Å². The summed E-state index contributed by atoms with van der Waals surface area (Å²) in [7, 11) is 0. The van der Waals surface area contributed by atoms with Crippen LogP contribution in [0.15, 0.2) is 0 Å². The third kappa shape index (κ3) is 2.99. The summed E-state index contributed by atoms with van der Waals surface area (Å²) in [6.45, 7) is 4.43. The van der Waals surface area contributed by atoms with Gasteiger partial charge in [0.05, 0.1) is 0 Å². The van der Waals surface area contributed by atoms with E-state index in [1.807, 2.05) is 0 Å². The molecule has 4 heteroatoms. The van der Waals surface area contributed by atoms with Gasteiger partial charge in [-0.25, -0.2) is 5.84 Å². The molecule has 1 saturated heterocycles. The Labute approximate surface area is 104 Å². The maximum Gasteiger partial charge on any atom is 0.235 e. The number of carbonyl (C=O) groups excluding carboxylic acids is 1. The van der Waals surface area contributed by atoms with Crippen LogP contribution in [0, 0.1) is 5.41 Å². The van der Waals surface area contributed by atoms with Crippen LogP contribution in [0.5, 0.6) is 0 Å². The van der Waals surface area contributed by atoms with Crippen LogP contribution in [0.4, 0.5) is 0 Å². The standard InChI is InChI=1S/C13H25N3O/c1-11(10-12(17)15-14)16-8-6-13(7-9-16)4-2-3-5-13/h11H,2-10,14H2,1H3,(H,15,17). The molecule has 1 saturated carbocycles. The number of nitrogens with zero attached hydrogens (tertiary/aromatic N) is 1. The number of rotatable bonds is 3. The summed E-state index contributed by atoms with van der Waals surface area (Å²) < 4.78 is 0. The molecule has 1 amide bonds. The molecule has 0 radical (unpaired) electrons. The Morgan fingerprint density at radius 1 is 1.29 bits per heavy atom. The number of likely N-dealkylation sites (tertiary alicyclic amines) is 1. The predicted octanol–water partition coefficient (Wildman–Crippen LogP) is 1.41. The average molecular weight is 239 g/mol. The van der Waals surface area contributed by atoms with Gasteiger partial charge in [-0.1, -0.05) is 12.8 Å². The van der Waals surface area contributed by atoms with Gasteiger partial charge < -0.3 is 4.90 Å². The zero-order valence-electron chi connectivity index (χ0n) is 10.9. The number of nitrogens with one attached hydrogen (secondary N) is 1. The minimum absolute atomic E-state index is 0.0568. The van der Waals surface area contributed by atoms with E-state index in [2.05, 4.69) is 17.2 Å². The van der Waals surface area contributed by atoms with Crippen molar-refractivity contribution < 1.29 is 4.79 Å². The molecule has 1 heterocycles. The van der Waals surface area contributed by atoms with Gasteiger partial charge >= 0.3 is 0 Å². The van der Waals surface area contributed by atoms with Gasteiger partial charge in [0.2, 0.25) is 5.91 Å². The Morgan fingerprint density at radius 3 is 2.41 bits per heavy atom. The summed E-state index contributed by atoms with van der Waals surface area (Å²) >= 11 is 0. The zero-order chi connectivity index (χ0) is 12.3. The molecule has 2 rings (SSSR count). The predicted molar refractivity (Wildman–Crippen MR) is 68.1 cm³/mol. The van der Waals surface area contributed by atoms with E-state index in [9.17, 15) is 4.79 Å². The number of hydrogen-bond donors (Lipinski definition) is 2. The molecule has 1 spiro atoms. The van der Waals surface area contributed by atoms with Crippen molar-refractivity contribution in [1.82, 2.24) is 10.3 Å². The molecule has 17 heavy (non-hydrogen) atoms. The molecule has 4 nitrogen and oxygen atoms in total. The third-order valence-electron chi connectivity index (χ3n) is 4.79. The van der Waals surface area contributed by atoms with Crippen molar-refractivity contribution >= 4 is 5.91 Å². The number of piperidine rings is 1. The molecule has 0 aromatic carbocycles. The Morgan fingerprint density at radius 2 is 1.88 bits per heavy atom. The smallest absolute Gasteiger partial charge is 0.235 e. The van der Waals surface area contributed by atoms with Crippen LogP contribution in [0.1, 0.15) is 51.9 Å². The molecule has 1 aliphatic heterocycles. The van der Waals surface area contributed by atoms with Gasteiger partial charge in [-0.15, -0.1) is 0 Å². The van der Waals surface area contributed by atoms with Crippen LogP contribution in [0.3, 0.4) is 0 Å². The highest BCUT2D eigenvalue weighted by Crippen LogP contribution is 2.46. The van der Waals surface area contributed by atoms with E-state index < -0.39 is 0 Å². The van der Waals surface area contributed by atoms with Gasteiger partial charge in [-0.05, 0) is 51.1 Å². The summed E-state index contributed by atoms with van der Waals surface area (Å²) in [6.07, 6.45) is 8.86. The lowest BCUT2D eigenvalue weighted by molar-refractivity contribution is -0.122. The molecule has 1 atom stereocenters. The van der Waals surface area contributed by atoms with Crippen LogP contribution < -0.4 is 11.3 Å². The Balaban J connectivity index is 1.80. The number of hydrogen-bond acceptors (Lipinski definition) is 3. The highest BCUT2D eigenvalue weighted by Gasteiger charge is 2.37. The van der Waals surface area contributed by atoms with Crippen molar-refractivity contribution in [3.63, 3.8) is 0 Å². The van der Waals surface area contributed by atoms with Gasteiger partial charge in [-0.3, -0.25) is 10.2 Å². The first kappa shape index (κ1) is 12.8. The quantitative estimate of drug-likeness (QED) is 0.445. The highest BCUT2D eigenvalue weighted by atomic mass is 16.2. The first-order valence-corrected chi connectivity index (χ1v) is 6.89. The second kappa shape index (κ2) is 5.36. The summed E-state index contributed by atoms with van der Waals surface area (Å²) in [5.41, 5.74) is 2.88. The van der Waals surface area contributed by atoms with E-state index >= 15 is 0 Å². The van der Waals surface area contributed by atoms with E-state index in [0.29, 0.717) is 17.9 Å². The molecular weight excluding hydrogens is 214 g/mol. The van der Waals surface area contributed by atoms with Crippen LogP contribution in [0.2, 0.25) is 0 Å². The highest BCUT2D eigenvalue weighted by molar-refractivity contribution is 5.75. The topological polar surface area (TPSA) is 58.4 Å². The van der Waals surface area contributed by atoms with E-state index in [0.717, 1.165) is 13.1 Å². The van der Waals surface area contributed by atoms with Crippen molar-refractivity contribution in [2.75, 3.05) is 13.1 Å². The lowest BCUT2D eigenvalue weighted by Gasteiger charge is -2.41. The molecule has 2 aliphatic rings. The minimum Gasteiger partial charge on any atom is -0.300 e. The van der Waals surface area contributed by atoms with E-state index in [-0.39, 0.29) is 5.91 Å². The largest absolute Gasteiger partial charge is 0.300 e. The van der Waals surface area contributed by atoms with Crippen molar-refractivity contribution in [2.45, 2.75) is 57.9 Å². The van der Waals surface area contributed by atoms with Gasteiger partial charge in [0, 0.05) is 12.5 Å². The molecule has 98 valence electrons. The zero-order valence-corrected chi connectivity index (χ0v) is 10.9. The average Bonchev–Trinajstić information content (AvgIpc) is 2.78. The molecule has 2 fully saturated rings. The van der Waals surface area contributed by atoms with Crippen LogP contribution in [-0.4, -0.2) is 29.9 Å². The fourth-order valence-corrected chi connectivity index (χ4v) is 3.52. The summed E-state index contributed by atoms with van der Waals surface area (Å²) in [5.74, 6) is 5.07. The van der Waals surface area contributed by atoms with Crippen LogP contribution >= 0.6 is 0 Å². The Bertz CT molecular complexity index is 264. The van der Waals surface area contributed by atoms with E-state index in [1.165, 1.54) is 38.5 Å². The summed E-state index contributed by atoms with van der Waals surface area (Å²) in [6, 6.07) is 0.317. The molecule has 1 aliphatic carbocycles. The fourth-order valence-electron chi connectivity index (χ4n) is 3.52. The van der Waals surface area contributed by atoms with Crippen LogP contribution in [-0.2, 0) is 4.79 Å². The molecule has 3 N–H and O–H groups in total. The Kier molecular flexibility index (Phi) is 4.05. The van der Waals surface area contributed by atoms with Crippen molar-refractivity contribution in [2.24, 2.45) is 11.3 Å². The van der Waals surface area contributed by atoms with Crippen LogP contribution in [0.25, 0.3) is 0 Å². The maximum absolute atomic E-state index is 11.3. The first-order valence-electron chi connectivity index (χ1n) is 6.89. The number of hydrazine groups is 1. The van der Waals surface area contributed by atoms with Crippen molar-refractivity contribution in [1.29, 1.82) is 0 Å². The molecule has 0 aromatic rings. The molecule has 0 aromatic heterocycles. The van der Waals surface area contributed by atoms with E-state index in [1.54, 1.807) is 0 Å². The maximum atomic E-state index is 11.3. The second-order valence-electron chi connectivity index (χ2n) is 5.86. The first-order chi connectivity index (χ1) is 8.15. The monoisotopic (exact) mass is 239 g/mol. The summed E-state index contributed by atoms with van der Waals surface area (Å²) in [4.78, 5) is 13.7. The second-order valence-corrected chi connectivity index (χ2v) is 5.86. The van der Waals surface area contributed by atoms with Gasteiger partial charge in [-0.2, -0.15) is 0 Å². The molecule has 0 bridgehead atoms. The lowest BCUT2D eigenvalue weighted by Crippen LogP contribution is -2.45. The summed E-state index contributed by atoms with van der Waals surface area (Å²) in [5, 5.41) is 0. The molecule has 1 unspecified atom stereocenters. The number of amides is 1. The third-order valence-corrected chi connectivity index (χ3v) is 4.79. The van der Waals surface area contributed by atoms with Gasteiger partial charge in [0.15, 0.2) is 0 Å². The number of carbonyl (C=O) groups is 1.